The number of benzene rings is 1. The van der Waals surface area contributed by atoms with Crippen molar-refractivity contribution in [3.63, 3.8) is 0 Å². The molecule has 104 valence electrons. The van der Waals surface area contributed by atoms with Gasteiger partial charge in [-0.3, -0.25) is 4.98 Å². The highest BCUT2D eigenvalue weighted by Crippen LogP contribution is 2.22. The third-order valence-corrected chi connectivity index (χ3v) is 3.37. The van der Waals surface area contributed by atoms with E-state index in [0.717, 1.165) is 18.6 Å². The molecule has 0 spiro atoms. The summed E-state index contributed by atoms with van der Waals surface area (Å²) in [5, 5.41) is 0.518. The number of nitrogens with two attached hydrogens (primary N) is 1. The zero-order chi connectivity index (χ0) is 14.4. The van der Waals surface area contributed by atoms with Crippen LogP contribution in [0.4, 0.5) is 0 Å². The van der Waals surface area contributed by atoms with Crippen LogP contribution in [-0.4, -0.2) is 16.6 Å². The van der Waals surface area contributed by atoms with Crippen LogP contribution < -0.4 is 10.5 Å². The molecule has 3 nitrogen and oxygen atoms in total. The Bertz CT molecular complexity index is 590. The molecule has 0 aliphatic rings. The van der Waals surface area contributed by atoms with E-state index in [1.54, 1.807) is 24.5 Å². The van der Waals surface area contributed by atoms with Crippen molar-refractivity contribution in [2.75, 3.05) is 6.61 Å². The summed E-state index contributed by atoms with van der Waals surface area (Å²) < 4.78 is 5.66. The molecule has 0 aliphatic heterocycles. The van der Waals surface area contributed by atoms with Crippen molar-refractivity contribution in [3.8, 4) is 5.75 Å². The number of thiocarbonyl (C=S) groups is 1. The second-order valence-corrected chi connectivity index (χ2v) is 5.16. The molecule has 2 N–H and O–H groups in total. The Morgan fingerprint density at radius 2 is 2.00 bits per heavy atom. The predicted molar refractivity (Wildman–Crippen MR) is 85.4 cm³/mol. The zero-order valence-electron chi connectivity index (χ0n) is 10.9. The third kappa shape index (κ3) is 4.18. The summed E-state index contributed by atoms with van der Waals surface area (Å²) in [6.07, 6.45) is 5.48. The van der Waals surface area contributed by atoms with Crippen molar-refractivity contribution >= 4 is 28.8 Å². The van der Waals surface area contributed by atoms with Crippen LogP contribution in [-0.2, 0) is 6.42 Å². The number of ether oxygens (including phenoxy) is 1. The Morgan fingerprint density at radius 1 is 1.25 bits per heavy atom. The quantitative estimate of drug-likeness (QED) is 0.656. The first kappa shape index (κ1) is 14.8. The van der Waals surface area contributed by atoms with Crippen molar-refractivity contribution in [2.45, 2.75) is 12.8 Å². The van der Waals surface area contributed by atoms with Gasteiger partial charge in [-0.25, -0.2) is 0 Å². The number of pyridine rings is 1. The van der Waals surface area contributed by atoms with Crippen LogP contribution in [0.3, 0.4) is 0 Å². The molecule has 20 heavy (non-hydrogen) atoms. The van der Waals surface area contributed by atoms with Gasteiger partial charge in [-0.1, -0.05) is 23.8 Å². The molecule has 2 rings (SSSR count). The van der Waals surface area contributed by atoms with Gasteiger partial charge in [0.15, 0.2) is 0 Å². The Hall–Kier alpha value is -1.65. The topological polar surface area (TPSA) is 48.1 Å². The summed E-state index contributed by atoms with van der Waals surface area (Å²) in [5.74, 6) is 0.727. The van der Waals surface area contributed by atoms with E-state index in [1.165, 1.54) is 5.56 Å². The van der Waals surface area contributed by atoms with Gasteiger partial charge in [0.2, 0.25) is 0 Å². The summed E-state index contributed by atoms with van der Waals surface area (Å²) in [4.78, 5) is 4.28. The Balaban J connectivity index is 1.83. The predicted octanol–water partition coefficient (Wildman–Crippen LogP) is 3.38. The Labute approximate surface area is 128 Å². The Morgan fingerprint density at radius 3 is 2.65 bits per heavy atom. The summed E-state index contributed by atoms with van der Waals surface area (Å²) in [5.41, 5.74) is 7.48. The van der Waals surface area contributed by atoms with Gasteiger partial charge in [-0.05, 0) is 48.7 Å². The van der Waals surface area contributed by atoms with Crippen molar-refractivity contribution in [1.29, 1.82) is 0 Å². The molecule has 0 saturated heterocycles. The molecule has 5 heteroatoms. The molecule has 0 atom stereocenters. The van der Waals surface area contributed by atoms with E-state index in [-0.39, 0.29) is 0 Å². The highest BCUT2D eigenvalue weighted by atomic mass is 35.5. The molecular formula is C15H15ClN2OS. The fraction of sp³-hybridized carbons (Fsp3) is 0.200. The highest BCUT2D eigenvalue weighted by Gasteiger charge is 2.05. The zero-order valence-corrected chi connectivity index (χ0v) is 12.5. The molecule has 1 aromatic heterocycles. The van der Waals surface area contributed by atoms with Crippen LogP contribution in [0.15, 0.2) is 42.7 Å². The molecule has 0 aliphatic carbocycles. The van der Waals surface area contributed by atoms with Crippen molar-refractivity contribution < 1.29 is 4.74 Å². The van der Waals surface area contributed by atoms with E-state index in [2.05, 4.69) is 4.98 Å². The minimum absolute atomic E-state index is 0.291. The molecule has 0 unspecified atom stereocenters. The van der Waals surface area contributed by atoms with E-state index in [9.17, 15) is 0 Å². The van der Waals surface area contributed by atoms with Crippen LogP contribution in [0.5, 0.6) is 5.75 Å². The van der Waals surface area contributed by atoms with Crippen molar-refractivity contribution in [3.05, 3.63) is 58.9 Å². The lowest BCUT2D eigenvalue weighted by molar-refractivity contribution is 0.311. The average molecular weight is 307 g/mol. The van der Waals surface area contributed by atoms with E-state index >= 15 is 0 Å². The van der Waals surface area contributed by atoms with Crippen LogP contribution in [0, 0.1) is 0 Å². The molecule has 2 aromatic rings. The van der Waals surface area contributed by atoms with Gasteiger partial charge in [-0.15, -0.1) is 0 Å². The van der Waals surface area contributed by atoms with Gasteiger partial charge in [0, 0.05) is 18.0 Å². The highest BCUT2D eigenvalue weighted by molar-refractivity contribution is 7.80. The normalized spacial score (nSPS) is 10.2. The average Bonchev–Trinajstić information content (AvgIpc) is 2.44. The van der Waals surface area contributed by atoms with Gasteiger partial charge in [0.25, 0.3) is 0 Å². The lowest BCUT2D eigenvalue weighted by Gasteiger charge is -2.08. The van der Waals surface area contributed by atoms with Crippen molar-refractivity contribution in [2.24, 2.45) is 5.73 Å². The van der Waals surface area contributed by atoms with Crippen molar-refractivity contribution in [1.82, 2.24) is 4.98 Å². The first-order chi connectivity index (χ1) is 9.66. The molecule has 0 fully saturated rings. The molecule has 0 radical (unpaired) electrons. The van der Waals surface area contributed by atoms with E-state index < -0.39 is 0 Å². The van der Waals surface area contributed by atoms with Gasteiger partial charge in [0.1, 0.15) is 10.7 Å². The summed E-state index contributed by atoms with van der Waals surface area (Å²) in [7, 11) is 0. The lowest BCUT2D eigenvalue weighted by atomic mass is 10.1. The summed E-state index contributed by atoms with van der Waals surface area (Å²) in [6, 6.07) is 9.36. The second kappa shape index (κ2) is 7.22. The minimum atomic E-state index is 0.291. The van der Waals surface area contributed by atoms with Crippen LogP contribution in [0.1, 0.15) is 17.5 Å². The number of rotatable bonds is 6. The SMILES string of the molecule is NC(=S)c1ccc(OCCCc2ccncc2)cc1Cl. The van der Waals surface area contributed by atoms with E-state index in [1.807, 2.05) is 18.2 Å². The fourth-order valence-corrected chi connectivity index (χ4v) is 2.31. The lowest BCUT2D eigenvalue weighted by Crippen LogP contribution is -2.10. The number of halogens is 1. The molecular weight excluding hydrogens is 292 g/mol. The van der Waals surface area contributed by atoms with E-state index in [0.29, 0.717) is 22.2 Å². The maximum Gasteiger partial charge on any atom is 0.120 e. The molecule has 0 bridgehead atoms. The number of hydrogen-bond donors (Lipinski definition) is 1. The number of aryl methyl sites for hydroxylation is 1. The first-order valence-electron chi connectivity index (χ1n) is 6.28. The number of aromatic nitrogens is 1. The van der Waals surface area contributed by atoms with Gasteiger partial charge < -0.3 is 10.5 Å². The van der Waals surface area contributed by atoms with Gasteiger partial charge >= 0.3 is 0 Å². The van der Waals surface area contributed by atoms with Crippen LogP contribution in [0.25, 0.3) is 0 Å². The first-order valence-corrected chi connectivity index (χ1v) is 7.06. The van der Waals surface area contributed by atoms with Crippen LogP contribution >= 0.6 is 23.8 Å². The summed E-state index contributed by atoms with van der Waals surface area (Å²) >= 11 is 11.0. The van der Waals surface area contributed by atoms with Crippen LogP contribution in [0.2, 0.25) is 5.02 Å². The Kier molecular flexibility index (Phi) is 5.32. The molecule has 0 saturated carbocycles. The monoisotopic (exact) mass is 306 g/mol. The fourth-order valence-electron chi connectivity index (χ4n) is 1.80. The maximum atomic E-state index is 6.08. The molecule has 1 aromatic carbocycles. The third-order valence-electron chi connectivity index (χ3n) is 2.83. The maximum absolute atomic E-state index is 6.08. The van der Waals surface area contributed by atoms with E-state index in [4.69, 9.17) is 34.3 Å². The smallest absolute Gasteiger partial charge is 0.120 e. The minimum Gasteiger partial charge on any atom is -0.494 e. The number of nitrogens with zero attached hydrogens (tertiary/aromatic N) is 1. The standard InChI is InChI=1S/C15H15ClN2OS/c16-14-10-12(3-4-13(14)15(17)20)19-9-1-2-11-5-7-18-8-6-11/h3-8,10H,1-2,9H2,(H2,17,20). The summed E-state index contributed by atoms with van der Waals surface area (Å²) in [6.45, 7) is 0.630. The largest absolute Gasteiger partial charge is 0.494 e. The second-order valence-electron chi connectivity index (χ2n) is 4.31. The molecule has 0 amide bonds. The van der Waals surface area contributed by atoms with Gasteiger partial charge in [0.05, 0.1) is 11.6 Å². The van der Waals surface area contributed by atoms with Gasteiger partial charge in [-0.2, -0.15) is 0 Å². The molecule has 1 heterocycles. The number of hydrogen-bond acceptors (Lipinski definition) is 3.